The topological polar surface area (TPSA) is 76.1 Å². The highest BCUT2D eigenvalue weighted by molar-refractivity contribution is 7.91. The third-order valence-corrected chi connectivity index (χ3v) is 7.10. The number of amides is 1. The first-order valence-corrected chi connectivity index (χ1v) is 11.1. The molecule has 1 aliphatic rings. The summed E-state index contributed by atoms with van der Waals surface area (Å²) in [6, 6.07) is 5.71. The van der Waals surface area contributed by atoms with Crippen LogP contribution in [0.3, 0.4) is 0 Å². The Morgan fingerprint density at radius 1 is 1.44 bits per heavy atom. The predicted molar refractivity (Wildman–Crippen MR) is 99.3 cm³/mol. The van der Waals surface area contributed by atoms with Gasteiger partial charge in [-0.1, -0.05) is 6.07 Å². The van der Waals surface area contributed by atoms with E-state index in [9.17, 15) is 13.2 Å². The molecule has 1 N–H and O–H groups in total. The van der Waals surface area contributed by atoms with Gasteiger partial charge in [0.15, 0.2) is 9.84 Å². The first-order chi connectivity index (χ1) is 11.9. The van der Waals surface area contributed by atoms with E-state index in [4.69, 9.17) is 0 Å². The third kappa shape index (κ3) is 4.89. The first kappa shape index (κ1) is 18.1. The van der Waals surface area contributed by atoms with Crippen LogP contribution in [0.2, 0.25) is 0 Å². The van der Waals surface area contributed by atoms with Gasteiger partial charge in [-0.15, -0.1) is 0 Å². The Labute approximate surface area is 152 Å². The first-order valence-electron chi connectivity index (χ1n) is 8.35. The molecular weight excluding hydrogens is 356 g/mol. The summed E-state index contributed by atoms with van der Waals surface area (Å²) in [7, 11) is -2.96. The van der Waals surface area contributed by atoms with E-state index in [2.05, 4.69) is 15.7 Å². The fourth-order valence-corrected chi connectivity index (χ4v) is 5.82. The second-order valence-corrected chi connectivity index (χ2v) is 9.64. The van der Waals surface area contributed by atoms with Crippen molar-refractivity contribution in [3.63, 3.8) is 0 Å². The van der Waals surface area contributed by atoms with Gasteiger partial charge in [0.05, 0.1) is 23.2 Å². The van der Waals surface area contributed by atoms with E-state index < -0.39 is 9.84 Å². The minimum atomic E-state index is -2.96. The number of rotatable bonds is 6. The van der Waals surface area contributed by atoms with Crippen LogP contribution in [0.5, 0.6) is 0 Å². The number of aromatic nitrogens is 1. The number of hydrogen-bond acceptors (Lipinski definition) is 5. The molecule has 2 aromatic heterocycles. The SMILES string of the molecule is Cc1cccnc1[C@H](Cc1ccsc1)NC(=O)C[C@H]1CCS(=O)(=O)C1. The lowest BCUT2D eigenvalue weighted by molar-refractivity contribution is -0.122. The number of pyridine rings is 1. The molecule has 5 nitrogen and oxygen atoms in total. The van der Waals surface area contributed by atoms with E-state index >= 15 is 0 Å². The summed E-state index contributed by atoms with van der Waals surface area (Å²) >= 11 is 1.63. The fourth-order valence-electron chi connectivity index (χ4n) is 3.27. The van der Waals surface area contributed by atoms with Crippen LogP contribution in [0.25, 0.3) is 0 Å². The minimum Gasteiger partial charge on any atom is -0.347 e. The van der Waals surface area contributed by atoms with Crippen LogP contribution >= 0.6 is 11.3 Å². The quantitative estimate of drug-likeness (QED) is 0.838. The van der Waals surface area contributed by atoms with Gasteiger partial charge in [0.1, 0.15) is 0 Å². The van der Waals surface area contributed by atoms with Crippen molar-refractivity contribution in [1.82, 2.24) is 10.3 Å². The number of aryl methyl sites for hydroxylation is 1. The molecule has 134 valence electrons. The van der Waals surface area contributed by atoms with E-state index in [0.717, 1.165) is 16.8 Å². The molecule has 3 rings (SSSR count). The zero-order valence-electron chi connectivity index (χ0n) is 14.1. The average molecular weight is 379 g/mol. The van der Waals surface area contributed by atoms with Crippen LogP contribution in [-0.2, 0) is 21.1 Å². The third-order valence-electron chi connectivity index (χ3n) is 4.54. The summed E-state index contributed by atoms with van der Waals surface area (Å²) in [5.74, 6) is 0.143. The molecule has 1 fully saturated rings. The molecule has 2 atom stereocenters. The second kappa shape index (κ2) is 7.66. The molecule has 25 heavy (non-hydrogen) atoms. The van der Waals surface area contributed by atoms with E-state index in [1.807, 2.05) is 30.5 Å². The van der Waals surface area contributed by atoms with E-state index in [-0.39, 0.29) is 35.8 Å². The number of nitrogens with zero attached hydrogens (tertiary/aromatic N) is 1. The van der Waals surface area contributed by atoms with Crippen LogP contribution < -0.4 is 5.32 Å². The summed E-state index contributed by atoms with van der Waals surface area (Å²) in [6.07, 6.45) is 3.24. The van der Waals surface area contributed by atoms with Gasteiger partial charge < -0.3 is 5.32 Å². The van der Waals surface area contributed by atoms with Gasteiger partial charge in [-0.3, -0.25) is 9.78 Å². The molecule has 3 heterocycles. The minimum absolute atomic E-state index is 0.0726. The van der Waals surface area contributed by atoms with Crippen molar-refractivity contribution >= 4 is 27.1 Å². The second-order valence-electron chi connectivity index (χ2n) is 6.63. The smallest absolute Gasteiger partial charge is 0.220 e. The molecule has 0 radical (unpaired) electrons. The van der Waals surface area contributed by atoms with Crippen molar-refractivity contribution in [3.05, 3.63) is 52.0 Å². The largest absolute Gasteiger partial charge is 0.347 e. The molecule has 7 heteroatoms. The summed E-state index contributed by atoms with van der Waals surface area (Å²) in [5.41, 5.74) is 3.05. The zero-order chi connectivity index (χ0) is 17.9. The molecule has 0 aromatic carbocycles. The molecule has 1 aliphatic heterocycles. The number of hydrogen-bond donors (Lipinski definition) is 1. The summed E-state index contributed by atoms with van der Waals surface area (Å²) < 4.78 is 23.2. The molecule has 0 saturated carbocycles. The van der Waals surface area contributed by atoms with Gasteiger partial charge in [0.2, 0.25) is 5.91 Å². The van der Waals surface area contributed by atoms with Crippen LogP contribution in [-0.4, -0.2) is 30.8 Å². The van der Waals surface area contributed by atoms with E-state index in [1.165, 1.54) is 0 Å². The van der Waals surface area contributed by atoms with Crippen molar-refractivity contribution in [3.8, 4) is 0 Å². The molecule has 0 aliphatic carbocycles. The lowest BCUT2D eigenvalue weighted by atomic mass is 10.00. The van der Waals surface area contributed by atoms with E-state index in [0.29, 0.717) is 12.8 Å². The Bertz CT molecular complexity index is 832. The lowest BCUT2D eigenvalue weighted by Crippen LogP contribution is -2.32. The van der Waals surface area contributed by atoms with Crippen LogP contribution in [0.1, 0.15) is 35.7 Å². The molecule has 1 saturated heterocycles. The van der Waals surface area contributed by atoms with Crippen LogP contribution in [0.15, 0.2) is 35.2 Å². The fraction of sp³-hybridized carbons (Fsp3) is 0.444. The normalized spacial score (nSPS) is 20.3. The summed E-state index contributed by atoms with van der Waals surface area (Å²) in [4.78, 5) is 17.0. The molecule has 0 spiro atoms. The van der Waals surface area contributed by atoms with Crippen LogP contribution in [0.4, 0.5) is 0 Å². The van der Waals surface area contributed by atoms with Gasteiger partial charge in [-0.25, -0.2) is 8.42 Å². The molecule has 0 unspecified atom stereocenters. The predicted octanol–water partition coefficient (Wildman–Crippen LogP) is 2.68. The molecular formula is C18H22N2O3S2. The Morgan fingerprint density at radius 2 is 2.28 bits per heavy atom. The Hall–Kier alpha value is -1.73. The highest BCUT2D eigenvalue weighted by Crippen LogP contribution is 2.24. The van der Waals surface area contributed by atoms with Gasteiger partial charge in [-0.2, -0.15) is 11.3 Å². The van der Waals surface area contributed by atoms with Gasteiger partial charge in [0, 0.05) is 12.6 Å². The Balaban J connectivity index is 1.71. The van der Waals surface area contributed by atoms with E-state index in [1.54, 1.807) is 17.5 Å². The van der Waals surface area contributed by atoms with Crippen molar-refractivity contribution in [2.75, 3.05) is 11.5 Å². The Morgan fingerprint density at radius 3 is 2.92 bits per heavy atom. The summed E-state index contributed by atoms with van der Waals surface area (Å²) in [6.45, 7) is 1.98. The monoisotopic (exact) mass is 378 g/mol. The number of nitrogens with one attached hydrogen (secondary N) is 1. The Kier molecular flexibility index (Phi) is 5.54. The van der Waals surface area contributed by atoms with Crippen molar-refractivity contribution in [1.29, 1.82) is 0 Å². The van der Waals surface area contributed by atoms with Gasteiger partial charge >= 0.3 is 0 Å². The summed E-state index contributed by atoms with van der Waals surface area (Å²) in [5, 5.41) is 7.16. The number of carbonyl (C=O) groups is 1. The zero-order valence-corrected chi connectivity index (χ0v) is 15.8. The van der Waals surface area contributed by atoms with Crippen molar-refractivity contribution in [2.45, 2.75) is 32.2 Å². The molecule has 1 amide bonds. The highest BCUT2D eigenvalue weighted by Gasteiger charge is 2.30. The number of carbonyl (C=O) groups excluding carboxylic acids is 1. The van der Waals surface area contributed by atoms with Crippen molar-refractivity contribution in [2.24, 2.45) is 5.92 Å². The number of thiophene rings is 1. The number of sulfone groups is 1. The highest BCUT2D eigenvalue weighted by atomic mass is 32.2. The maximum absolute atomic E-state index is 12.5. The maximum atomic E-state index is 12.5. The molecule has 2 aromatic rings. The van der Waals surface area contributed by atoms with Crippen LogP contribution in [0, 0.1) is 12.8 Å². The van der Waals surface area contributed by atoms with Crippen molar-refractivity contribution < 1.29 is 13.2 Å². The van der Waals surface area contributed by atoms with Gasteiger partial charge in [-0.05, 0) is 59.7 Å². The molecule has 0 bridgehead atoms. The lowest BCUT2D eigenvalue weighted by Gasteiger charge is -2.20. The van der Waals surface area contributed by atoms with Gasteiger partial charge in [0.25, 0.3) is 0 Å². The average Bonchev–Trinajstić information content (AvgIpc) is 3.16. The maximum Gasteiger partial charge on any atom is 0.220 e. The standard InChI is InChI=1S/C18H22N2O3S2/c1-13-3-2-6-19-18(13)16(9-14-4-7-24-11-14)20-17(21)10-15-5-8-25(22,23)12-15/h2-4,6-7,11,15-16H,5,8-10,12H2,1H3,(H,20,21)/t15-,16+/m1/s1.